The van der Waals surface area contributed by atoms with Crippen LogP contribution in [0.1, 0.15) is 0 Å². The molecule has 97 valence electrons. The SMILES string of the molecule is COc1[c]cc([N+](=O)[O-])cc1-c1cc(Cl)ccc1Br. The third-order valence-electron chi connectivity index (χ3n) is 2.52. The Bertz CT molecular complexity index is 646. The van der Waals surface area contributed by atoms with Gasteiger partial charge in [0.1, 0.15) is 5.75 Å². The molecule has 2 aromatic carbocycles. The van der Waals surface area contributed by atoms with Crippen molar-refractivity contribution in [3.05, 3.63) is 56.0 Å². The molecule has 2 aromatic rings. The third-order valence-corrected chi connectivity index (χ3v) is 3.45. The maximum Gasteiger partial charge on any atom is 0.270 e. The molecule has 0 aliphatic heterocycles. The van der Waals surface area contributed by atoms with Gasteiger partial charge in [0.05, 0.1) is 12.0 Å². The van der Waals surface area contributed by atoms with Crippen LogP contribution in [0.15, 0.2) is 34.8 Å². The number of nitro benzene ring substituents is 1. The van der Waals surface area contributed by atoms with E-state index in [1.165, 1.54) is 19.2 Å². The van der Waals surface area contributed by atoms with Crippen molar-refractivity contribution >= 4 is 33.2 Å². The van der Waals surface area contributed by atoms with Gasteiger partial charge in [-0.05, 0) is 18.2 Å². The van der Waals surface area contributed by atoms with Gasteiger partial charge in [0, 0.05) is 38.8 Å². The molecule has 0 aliphatic carbocycles. The molecular weight excluding hydrogens is 334 g/mol. The average Bonchev–Trinajstić information content (AvgIpc) is 2.40. The Balaban J connectivity index is 2.68. The molecule has 19 heavy (non-hydrogen) atoms. The van der Waals surface area contributed by atoms with Crippen LogP contribution in [0.4, 0.5) is 5.69 Å². The smallest absolute Gasteiger partial charge is 0.270 e. The van der Waals surface area contributed by atoms with E-state index in [1.807, 2.05) is 0 Å². The number of hydrogen-bond acceptors (Lipinski definition) is 3. The predicted octanol–water partition coefficient (Wildman–Crippen LogP) is 4.49. The van der Waals surface area contributed by atoms with Crippen LogP contribution in [0.3, 0.4) is 0 Å². The van der Waals surface area contributed by atoms with E-state index in [0.29, 0.717) is 21.9 Å². The summed E-state index contributed by atoms with van der Waals surface area (Å²) in [7, 11) is 1.49. The predicted molar refractivity (Wildman–Crippen MR) is 76.6 cm³/mol. The van der Waals surface area contributed by atoms with Gasteiger partial charge in [-0.3, -0.25) is 10.1 Å². The van der Waals surface area contributed by atoms with E-state index in [-0.39, 0.29) is 5.69 Å². The first kappa shape index (κ1) is 13.8. The van der Waals surface area contributed by atoms with Crippen molar-refractivity contribution in [2.45, 2.75) is 0 Å². The quantitative estimate of drug-likeness (QED) is 0.610. The molecule has 0 amide bonds. The highest BCUT2D eigenvalue weighted by atomic mass is 79.9. The standard InChI is InChI=1S/C13H8BrClNO3/c1-19-13-5-3-9(16(17)18)7-11(13)10-6-8(15)2-4-12(10)14/h2-4,6-7H,1H3. The summed E-state index contributed by atoms with van der Waals surface area (Å²) in [5, 5.41) is 11.4. The molecule has 0 aliphatic rings. The van der Waals surface area contributed by atoms with E-state index >= 15 is 0 Å². The van der Waals surface area contributed by atoms with E-state index in [0.717, 1.165) is 4.47 Å². The minimum absolute atomic E-state index is 0.0531. The highest BCUT2D eigenvalue weighted by Crippen LogP contribution is 2.38. The lowest BCUT2D eigenvalue weighted by molar-refractivity contribution is -0.384. The van der Waals surface area contributed by atoms with E-state index < -0.39 is 4.92 Å². The van der Waals surface area contributed by atoms with Crippen LogP contribution in [0.2, 0.25) is 5.02 Å². The highest BCUT2D eigenvalue weighted by molar-refractivity contribution is 9.10. The molecule has 0 unspecified atom stereocenters. The van der Waals surface area contributed by atoms with Gasteiger partial charge < -0.3 is 4.74 Å². The van der Waals surface area contributed by atoms with Gasteiger partial charge in [0.25, 0.3) is 5.69 Å². The second-order valence-corrected chi connectivity index (χ2v) is 4.98. The first-order valence-corrected chi connectivity index (χ1v) is 6.39. The van der Waals surface area contributed by atoms with Crippen molar-refractivity contribution in [2.75, 3.05) is 7.11 Å². The molecule has 4 nitrogen and oxygen atoms in total. The summed E-state index contributed by atoms with van der Waals surface area (Å²) in [5.74, 6) is 0.425. The summed E-state index contributed by atoms with van der Waals surface area (Å²) in [6.07, 6.45) is 0. The Morgan fingerprint density at radius 3 is 2.74 bits per heavy atom. The van der Waals surface area contributed by atoms with Gasteiger partial charge in [0.15, 0.2) is 0 Å². The molecule has 1 radical (unpaired) electrons. The molecule has 0 saturated carbocycles. The fraction of sp³-hybridized carbons (Fsp3) is 0.0769. The number of non-ortho nitro benzene ring substituents is 1. The zero-order chi connectivity index (χ0) is 14.0. The highest BCUT2D eigenvalue weighted by Gasteiger charge is 2.15. The second kappa shape index (κ2) is 5.59. The van der Waals surface area contributed by atoms with Crippen molar-refractivity contribution in [3.8, 4) is 16.9 Å². The summed E-state index contributed by atoms with van der Waals surface area (Å²) in [6, 6.07) is 10.7. The number of rotatable bonds is 3. The minimum atomic E-state index is -0.474. The van der Waals surface area contributed by atoms with Crippen molar-refractivity contribution in [2.24, 2.45) is 0 Å². The number of benzene rings is 2. The Kier molecular flexibility index (Phi) is 4.07. The van der Waals surface area contributed by atoms with Gasteiger partial charge in [0.2, 0.25) is 0 Å². The molecule has 0 spiro atoms. The monoisotopic (exact) mass is 340 g/mol. The first-order valence-electron chi connectivity index (χ1n) is 5.22. The van der Waals surface area contributed by atoms with Gasteiger partial charge in [-0.15, -0.1) is 0 Å². The van der Waals surface area contributed by atoms with Crippen LogP contribution < -0.4 is 4.74 Å². The topological polar surface area (TPSA) is 52.4 Å². The lowest BCUT2D eigenvalue weighted by atomic mass is 10.0. The Morgan fingerprint density at radius 1 is 1.37 bits per heavy atom. The van der Waals surface area contributed by atoms with Crippen molar-refractivity contribution in [3.63, 3.8) is 0 Å². The summed E-state index contributed by atoms with van der Waals surface area (Å²) in [4.78, 5) is 10.4. The Labute approximate surface area is 123 Å². The van der Waals surface area contributed by atoms with Crippen LogP contribution in [-0.4, -0.2) is 12.0 Å². The summed E-state index contributed by atoms with van der Waals surface area (Å²) < 4.78 is 5.95. The van der Waals surface area contributed by atoms with Gasteiger partial charge >= 0.3 is 0 Å². The van der Waals surface area contributed by atoms with Crippen molar-refractivity contribution in [1.29, 1.82) is 0 Å². The molecule has 0 heterocycles. The average molecular weight is 342 g/mol. The number of hydrogen-bond donors (Lipinski definition) is 0. The zero-order valence-electron chi connectivity index (χ0n) is 9.81. The lowest BCUT2D eigenvalue weighted by Crippen LogP contribution is -1.93. The van der Waals surface area contributed by atoms with E-state index in [2.05, 4.69) is 22.0 Å². The fourth-order valence-electron chi connectivity index (χ4n) is 1.65. The lowest BCUT2D eigenvalue weighted by Gasteiger charge is -2.10. The van der Waals surface area contributed by atoms with Gasteiger partial charge in [-0.25, -0.2) is 0 Å². The van der Waals surface area contributed by atoms with Crippen LogP contribution in [0, 0.1) is 16.2 Å². The normalized spacial score (nSPS) is 10.3. The van der Waals surface area contributed by atoms with Gasteiger partial charge in [-0.1, -0.05) is 27.5 Å². The number of nitrogens with zero attached hydrogens (tertiary/aromatic N) is 1. The molecule has 2 rings (SSSR count). The van der Waals surface area contributed by atoms with E-state index in [4.69, 9.17) is 16.3 Å². The second-order valence-electron chi connectivity index (χ2n) is 3.69. The van der Waals surface area contributed by atoms with Crippen LogP contribution in [0.25, 0.3) is 11.1 Å². The number of halogens is 2. The third kappa shape index (κ3) is 2.88. The molecule has 0 saturated heterocycles. The van der Waals surface area contributed by atoms with E-state index in [9.17, 15) is 10.1 Å². The zero-order valence-corrected chi connectivity index (χ0v) is 12.2. The summed E-state index contributed by atoms with van der Waals surface area (Å²) in [5.41, 5.74) is 1.22. The maximum absolute atomic E-state index is 10.8. The molecule has 0 atom stereocenters. The summed E-state index contributed by atoms with van der Waals surface area (Å²) >= 11 is 9.35. The van der Waals surface area contributed by atoms with Crippen molar-refractivity contribution in [1.82, 2.24) is 0 Å². The van der Waals surface area contributed by atoms with Crippen LogP contribution in [0.5, 0.6) is 5.75 Å². The molecule has 0 N–H and O–H groups in total. The molecule has 0 fully saturated rings. The van der Waals surface area contributed by atoms with Crippen molar-refractivity contribution < 1.29 is 9.66 Å². The molecule has 6 heteroatoms. The number of nitro groups is 1. The van der Waals surface area contributed by atoms with Gasteiger partial charge in [-0.2, -0.15) is 0 Å². The first-order chi connectivity index (χ1) is 9.02. The Hall–Kier alpha value is -1.59. The minimum Gasteiger partial charge on any atom is -0.495 e. The van der Waals surface area contributed by atoms with E-state index in [1.54, 1.807) is 18.2 Å². The van der Waals surface area contributed by atoms with Crippen LogP contribution in [-0.2, 0) is 0 Å². The molecular formula is C13H8BrClNO3. The fourth-order valence-corrected chi connectivity index (χ4v) is 2.28. The number of ether oxygens (including phenoxy) is 1. The Morgan fingerprint density at radius 2 is 2.11 bits per heavy atom. The largest absolute Gasteiger partial charge is 0.495 e. The number of methoxy groups -OCH3 is 1. The molecule has 0 bridgehead atoms. The summed E-state index contributed by atoms with van der Waals surface area (Å²) in [6.45, 7) is 0. The molecule has 0 aromatic heterocycles. The van der Waals surface area contributed by atoms with Crippen LogP contribution >= 0.6 is 27.5 Å². The maximum atomic E-state index is 10.8.